The van der Waals surface area contributed by atoms with Gasteiger partial charge < -0.3 is 20.1 Å². The van der Waals surface area contributed by atoms with Crippen molar-refractivity contribution in [1.29, 1.82) is 0 Å². The fraction of sp³-hybridized carbons (Fsp3) is 0.364. The van der Waals surface area contributed by atoms with Crippen molar-refractivity contribution in [3.8, 4) is 34.0 Å². The number of aromatic nitrogens is 4. The predicted molar refractivity (Wildman–Crippen MR) is 113 cm³/mol. The van der Waals surface area contributed by atoms with Crippen LogP contribution >= 0.6 is 0 Å². The van der Waals surface area contributed by atoms with Crippen molar-refractivity contribution in [2.75, 3.05) is 25.1 Å². The Hall–Kier alpha value is -3.33. The van der Waals surface area contributed by atoms with Gasteiger partial charge in [-0.25, -0.2) is 4.39 Å². The maximum atomic E-state index is 14.9. The van der Waals surface area contributed by atoms with E-state index in [9.17, 15) is 9.50 Å². The standard InChI is InChI=1S/C22H23FN6O2/c1-31-22-8-13(11-24-28-22)16-10-20(30)17(9-18(16)23)19-4-5-21(27-26-19)29-7-6-15(12-29)25-14-2-3-14/h4-5,8-11,14-15,25,30H,2-3,6-7,12H2,1H3/t15-/m1/s1. The van der Waals surface area contributed by atoms with Crippen LogP contribution in [-0.4, -0.2) is 57.8 Å². The van der Waals surface area contributed by atoms with Gasteiger partial charge in [-0.05, 0) is 43.5 Å². The lowest BCUT2D eigenvalue weighted by Gasteiger charge is -2.17. The van der Waals surface area contributed by atoms with Crippen molar-refractivity contribution < 1.29 is 14.2 Å². The maximum absolute atomic E-state index is 14.9. The SMILES string of the molecule is COc1cc(-c2cc(O)c(-c3ccc(N4CC[C@@H](NC5CC5)C4)nn3)cc2F)cnn1. The number of anilines is 1. The smallest absolute Gasteiger partial charge is 0.233 e. The van der Waals surface area contributed by atoms with E-state index in [-0.39, 0.29) is 22.8 Å². The third-order valence-electron chi connectivity index (χ3n) is 5.73. The normalized spacial score (nSPS) is 18.4. The molecule has 5 rings (SSSR count). The summed E-state index contributed by atoms with van der Waals surface area (Å²) in [6.45, 7) is 1.83. The molecule has 1 atom stereocenters. The molecule has 2 fully saturated rings. The number of methoxy groups -OCH3 is 1. The zero-order valence-electron chi connectivity index (χ0n) is 17.1. The minimum Gasteiger partial charge on any atom is -0.507 e. The van der Waals surface area contributed by atoms with Gasteiger partial charge in [0, 0.05) is 47.9 Å². The van der Waals surface area contributed by atoms with Gasteiger partial charge in [-0.3, -0.25) is 0 Å². The molecule has 2 N–H and O–H groups in total. The lowest BCUT2D eigenvalue weighted by atomic mass is 10.0. The first-order chi connectivity index (χ1) is 15.1. The molecule has 8 nitrogen and oxygen atoms in total. The first kappa shape index (κ1) is 19.6. The molecule has 160 valence electrons. The molecule has 3 heterocycles. The molecule has 1 saturated heterocycles. The minimum absolute atomic E-state index is 0.0934. The van der Waals surface area contributed by atoms with Crippen LogP contribution in [0.15, 0.2) is 36.5 Å². The first-order valence-corrected chi connectivity index (χ1v) is 10.4. The summed E-state index contributed by atoms with van der Waals surface area (Å²) in [5.74, 6) is 0.445. The van der Waals surface area contributed by atoms with Gasteiger partial charge in [0.25, 0.3) is 0 Å². The highest BCUT2D eigenvalue weighted by atomic mass is 19.1. The average Bonchev–Trinajstić information content (AvgIpc) is 3.49. The van der Waals surface area contributed by atoms with Crippen LogP contribution < -0.4 is 15.0 Å². The second kappa shape index (κ2) is 8.07. The number of halogens is 1. The van der Waals surface area contributed by atoms with Gasteiger partial charge in [0.05, 0.1) is 19.0 Å². The van der Waals surface area contributed by atoms with E-state index < -0.39 is 5.82 Å². The number of benzene rings is 1. The van der Waals surface area contributed by atoms with E-state index in [1.807, 2.05) is 6.07 Å². The fourth-order valence-corrected chi connectivity index (χ4v) is 3.91. The van der Waals surface area contributed by atoms with Crippen LogP contribution in [0.1, 0.15) is 19.3 Å². The summed E-state index contributed by atoms with van der Waals surface area (Å²) >= 11 is 0. The Morgan fingerprint density at radius 1 is 1.06 bits per heavy atom. The number of phenolic OH excluding ortho intramolecular Hbond substituents is 1. The molecule has 1 saturated carbocycles. The summed E-state index contributed by atoms with van der Waals surface area (Å²) in [7, 11) is 1.46. The summed E-state index contributed by atoms with van der Waals surface area (Å²) < 4.78 is 19.9. The van der Waals surface area contributed by atoms with Crippen LogP contribution in [0.4, 0.5) is 10.2 Å². The zero-order valence-corrected chi connectivity index (χ0v) is 17.1. The number of hydrogen-bond acceptors (Lipinski definition) is 8. The van der Waals surface area contributed by atoms with Crippen molar-refractivity contribution in [2.45, 2.75) is 31.3 Å². The summed E-state index contributed by atoms with van der Waals surface area (Å²) in [6.07, 6.45) is 5.04. The van der Waals surface area contributed by atoms with Gasteiger partial charge in [-0.15, -0.1) is 15.3 Å². The molecular weight excluding hydrogens is 399 g/mol. The molecule has 0 amide bonds. The second-order valence-corrected chi connectivity index (χ2v) is 7.99. The van der Waals surface area contributed by atoms with Crippen LogP contribution in [0.5, 0.6) is 11.6 Å². The van der Waals surface area contributed by atoms with Gasteiger partial charge >= 0.3 is 0 Å². The molecule has 1 aromatic carbocycles. The molecule has 0 bridgehead atoms. The topological polar surface area (TPSA) is 96.3 Å². The van der Waals surface area contributed by atoms with Crippen LogP contribution in [0.2, 0.25) is 0 Å². The number of nitrogens with one attached hydrogen (secondary N) is 1. The van der Waals surface area contributed by atoms with Crippen LogP contribution in [0.25, 0.3) is 22.4 Å². The highest BCUT2D eigenvalue weighted by Gasteiger charge is 2.29. The number of nitrogens with zero attached hydrogens (tertiary/aromatic N) is 5. The Bertz CT molecular complexity index is 1090. The Balaban J connectivity index is 1.35. The zero-order chi connectivity index (χ0) is 21.4. The first-order valence-electron chi connectivity index (χ1n) is 10.4. The average molecular weight is 422 g/mol. The summed E-state index contributed by atoms with van der Waals surface area (Å²) in [5.41, 5.74) is 1.34. The molecule has 2 aromatic heterocycles. The van der Waals surface area contributed by atoms with Gasteiger partial charge in [-0.2, -0.15) is 5.10 Å². The molecule has 1 aliphatic carbocycles. The van der Waals surface area contributed by atoms with Crippen molar-refractivity contribution >= 4 is 5.82 Å². The highest BCUT2D eigenvalue weighted by molar-refractivity contribution is 5.75. The van der Waals surface area contributed by atoms with Gasteiger partial charge in [0.1, 0.15) is 11.6 Å². The molecule has 0 spiro atoms. The highest BCUT2D eigenvalue weighted by Crippen LogP contribution is 2.35. The number of ether oxygens (including phenoxy) is 1. The summed E-state index contributed by atoms with van der Waals surface area (Å²) in [4.78, 5) is 2.20. The molecule has 0 radical (unpaired) electrons. The molecule has 3 aromatic rings. The van der Waals surface area contributed by atoms with Gasteiger partial charge in [0.2, 0.25) is 5.88 Å². The Labute approximate surface area is 179 Å². The van der Waals surface area contributed by atoms with Crippen LogP contribution in [0.3, 0.4) is 0 Å². The lowest BCUT2D eigenvalue weighted by Crippen LogP contribution is -2.34. The molecule has 31 heavy (non-hydrogen) atoms. The molecular formula is C22H23FN6O2. The third-order valence-corrected chi connectivity index (χ3v) is 5.73. The third kappa shape index (κ3) is 4.13. The van der Waals surface area contributed by atoms with Crippen molar-refractivity contribution in [3.63, 3.8) is 0 Å². The summed E-state index contributed by atoms with van der Waals surface area (Å²) in [5, 5.41) is 30.3. The fourth-order valence-electron chi connectivity index (χ4n) is 3.91. The second-order valence-electron chi connectivity index (χ2n) is 7.99. The Morgan fingerprint density at radius 3 is 2.68 bits per heavy atom. The van der Waals surface area contributed by atoms with Crippen LogP contribution in [-0.2, 0) is 0 Å². The van der Waals surface area contributed by atoms with Crippen molar-refractivity contribution in [2.24, 2.45) is 0 Å². The monoisotopic (exact) mass is 422 g/mol. The number of rotatable bonds is 6. The van der Waals surface area contributed by atoms with E-state index in [1.165, 1.54) is 38.3 Å². The van der Waals surface area contributed by atoms with Crippen molar-refractivity contribution in [3.05, 3.63) is 42.3 Å². The number of hydrogen-bond donors (Lipinski definition) is 2. The molecule has 1 aliphatic heterocycles. The van der Waals surface area contributed by atoms with E-state index in [0.717, 1.165) is 25.3 Å². The Kier molecular flexibility index (Phi) is 5.11. The van der Waals surface area contributed by atoms with Gasteiger partial charge in [-0.1, -0.05) is 0 Å². The predicted octanol–water partition coefficient (Wildman–Crippen LogP) is 2.78. The lowest BCUT2D eigenvalue weighted by molar-refractivity contribution is 0.392. The summed E-state index contributed by atoms with van der Waals surface area (Å²) in [6, 6.07) is 8.96. The van der Waals surface area contributed by atoms with Gasteiger partial charge in [0.15, 0.2) is 5.82 Å². The number of phenols is 1. The quantitative estimate of drug-likeness (QED) is 0.626. The van der Waals surface area contributed by atoms with E-state index in [2.05, 4.69) is 30.6 Å². The van der Waals surface area contributed by atoms with E-state index >= 15 is 0 Å². The van der Waals surface area contributed by atoms with Crippen molar-refractivity contribution in [1.82, 2.24) is 25.7 Å². The maximum Gasteiger partial charge on any atom is 0.233 e. The minimum atomic E-state index is -0.512. The molecule has 2 aliphatic rings. The van der Waals surface area contributed by atoms with Crippen LogP contribution in [0, 0.1) is 5.82 Å². The van der Waals surface area contributed by atoms with E-state index in [4.69, 9.17) is 4.74 Å². The van der Waals surface area contributed by atoms with E-state index in [1.54, 1.807) is 12.1 Å². The molecule has 9 heteroatoms. The largest absolute Gasteiger partial charge is 0.507 e. The number of aromatic hydroxyl groups is 1. The molecule has 0 unspecified atom stereocenters. The van der Waals surface area contributed by atoms with E-state index in [0.29, 0.717) is 23.3 Å². The Morgan fingerprint density at radius 2 is 1.94 bits per heavy atom.